The largest absolute Gasteiger partial charge is 0.481 e. The van der Waals surface area contributed by atoms with Gasteiger partial charge < -0.3 is 4.74 Å². The minimum absolute atomic E-state index is 0.413. The molecule has 3 aromatic carbocycles. The quantitative estimate of drug-likeness (QED) is 0.456. The first-order chi connectivity index (χ1) is 15.0. The number of hydrazine groups is 1. The normalized spacial score (nSPS) is 11.7. The van der Waals surface area contributed by atoms with Crippen LogP contribution in [0.15, 0.2) is 72.8 Å². The molecule has 7 heteroatoms. The highest BCUT2D eigenvalue weighted by molar-refractivity contribution is 7.17. The third kappa shape index (κ3) is 4.73. The smallest absolute Gasteiger partial charge is 0.281 e. The van der Waals surface area contributed by atoms with Crippen molar-refractivity contribution in [1.82, 2.24) is 15.8 Å². The van der Waals surface area contributed by atoms with E-state index in [4.69, 9.17) is 4.74 Å². The Kier molecular flexibility index (Phi) is 5.95. The fourth-order valence-corrected chi connectivity index (χ4v) is 4.05. The average molecular weight is 432 g/mol. The molecule has 1 unspecified atom stereocenters. The molecule has 0 radical (unpaired) electrons. The molecule has 0 aliphatic carbocycles. The molecule has 0 bridgehead atoms. The van der Waals surface area contributed by atoms with Crippen LogP contribution >= 0.6 is 11.3 Å². The molecule has 1 heterocycles. The van der Waals surface area contributed by atoms with E-state index in [-0.39, 0.29) is 0 Å². The summed E-state index contributed by atoms with van der Waals surface area (Å²) >= 11 is 1.28. The van der Waals surface area contributed by atoms with E-state index in [9.17, 15) is 9.59 Å². The lowest BCUT2D eigenvalue weighted by molar-refractivity contribution is -0.128. The van der Waals surface area contributed by atoms with Gasteiger partial charge in [0.05, 0.1) is 5.69 Å². The van der Waals surface area contributed by atoms with Crippen LogP contribution in [-0.4, -0.2) is 22.9 Å². The topological polar surface area (TPSA) is 80.3 Å². The SMILES string of the molecule is Cc1nc(-c2ccccc2)sc1C(=O)NNC(=O)C(C)Oc1ccc2ccccc2c1. The Morgan fingerprint density at radius 1 is 0.935 bits per heavy atom. The number of thiazole rings is 1. The molecule has 0 saturated carbocycles. The van der Waals surface area contributed by atoms with Crippen molar-refractivity contribution in [2.75, 3.05) is 0 Å². The van der Waals surface area contributed by atoms with Crippen LogP contribution in [0.25, 0.3) is 21.3 Å². The van der Waals surface area contributed by atoms with Crippen LogP contribution in [0.3, 0.4) is 0 Å². The maximum Gasteiger partial charge on any atom is 0.281 e. The summed E-state index contributed by atoms with van der Waals surface area (Å²) in [4.78, 5) is 29.9. The Morgan fingerprint density at radius 2 is 1.65 bits per heavy atom. The van der Waals surface area contributed by atoms with Crippen molar-refractivity contribution in [2.45, 2.75) is 20.0 Å². The second kappa shape index (κ2) is 8.97. The van der Waals surface area contributed by atoms with Gasteiger partial charge in [0.1, 0.15) is 15.6 Å². The van der Waals surface area contributed by atoms with Crippen molar-refractivity contribution >= 4 is 33.9 Å². The van der Waals surface area contributed by atoms with Gasteiger partial charge in [0, 0.05) is 5.56 Å². The molecular weight excluding hydrogens is 410 g/mol. The molecule has 2 N–H and O–H groups in total. The Morgan fingerprint density at radius 3 is 2.42 bits per heavy atom. The Balaban J connectivity index is 1.36. The summed E-state index contributed by atoms with van der Waals surface area (Å²) in [7, 11) is 0. The highest BCUT2D eigenvalue weighted by atomic mass is 32.1. The lowest BCUT2D eigenvalue weighted by Gasteiger charge is -2.15. The van der Waals surface area contributed by atoms with Crippen LogP contribution in [0, 0.1) is 6.92 Å². The van der Waals surface area contributed by atoms with Crippen molar-refractivity contribution in [3.8, 4) is 16.3 Å². The molecule has 31 heavy (non-hydrogen) atoms. The van der Waals surface area contributed by atoms with E-state index in [1.165, 1.54) is 11.3 Å². The summed E-state index contributed by atoms with van der Waals surface area (Å²) in [5, 5.41) is 2.87. The maximum atomic E-state index is 12.5. The number of carbonyl (C=O) groups excluding carboxylic acids is 2. The molecule has 2 amide bonds. The standard InChI is InChI=1S/C24H21N3O3S/c1-15-21(31-24(25-15)18-9-4-3-5-10-18)23(29)27-26-22(28)16(2)30-20-13-12-17-8-6-7-11-19(17)14-20/h3-14,16H,1-2H3,(H,26,28)(H,27,29). The summed E-state index contributed by atoms with van der Waals surface area (Å²) in [6, 6.07) is 23.2. The molecule has 0 aliphatic heterocycles. The highest BCUT2D eigenvalue weighted by Crippen LogP contribution is 2.27. The van der Waals surface area contributed by atoms with Crippen molar-refractivity contribution in [3.05, 3.63) is 83.4 Å². The van der Waals surface area contributed by atoms with Gasteiger partial charge in [-0.2, -0.15) is 0 Å². The van der Waals surface area contributed by atoms with Crippen LogP contribution in [0.1, 0.15) is 22.3 Å². The number of aromatic nitrogens is 1. The number of rotatable bonds is 5. The van der Waals surface area contributed by atoms with Crippen molar-refractivity contribution < 1.29 is 14.3 Å². The van der Waals surface area contributed by atoms with Crippen LogP contribution in [0.2, 0.25) is 0 Å². The zero-order chi connectivity index (χ0) is 21.8. The zero-order valence-corrected chi connectivity index (χ0v) is 17.9. The number of carbonyl (C=O) groups is 2. The fourth-order valence-electron chi connectivity index (χ4n) is 3.09. The first kappa shape index (κ1) is 20.6. The molecular formula is C24H21N3O3S. The van der Waals surface area contributed by atoms with E-state index in [2.05, 4.69) is 15.8 Å². The number of nitrogens with zero attached hydrogens (tertiary/aromatic N) is 1. The van der Waals surface area contributed by atoms with Gasteiger partial charge in [0.15, 0.2) is 6.10 Å². The minimum Gasteiger partial charge on any atom is -0.481 e. The number of amides is 2. The molecule has 6 nitrogen and oxygen atoms in total. The van der Waals surface area contributed by atoms with E-state index >= 15 is 0 Å². The third-order valence-corrected chi connectivity index (χ3v) is 5.93. The van der Waals surface area contributed by atoms with E-state index in [1.807, 2.05) is 72.8 Å². The monoisotopic (exact) mass is 431 g/mol. The first-order valence-corrected chi connectivity index (χ1v) is 10.6. The number of ether oxygens (including phenoxy) is 1. The van der Waals surface area contributed by atoms with Gasteiger partial charge in [-0.1, -0.05) is 60.7 Å². The molecule has 4 aromatic rings. The summed E-state index contributed by atoms with van der Waals surface area (Å²) in [5.74, 6) is -0.283. The van der Waals surface area contributed by atoms with Crippen molar-refractivity contribution in [3.63, 3.8) is 0 Å². The summed E-state index contributed by atoms with van der Waals surface area (Å²) in [6.07, 6.45) is -0.788. The van der Waals surface area contributed by atoms with E-state index in [1.54, 1.807) is 13.8 Å². The molecule has 0 aliphatic rings. The van der Waals surface area contributed by atoms with Gasteiger partial charge >= 0.3 is 0 Å². The molecule has 4 rings (SSSR count). The Hall–Kier alpha value is -3.71. The molecule has 0 saturated heterocycles. The van der Waals surface area contributed by atoms with Gasteiger partial charge in [0.2, 0.25) is 0 Å². The first-order valence-electron chi connectivity index (χ1n) is 9.80. The predicted molar refractivity (Wildman–Crippen MR) is 122 cm³/mol. The summed E-state index contributed by atoms with van der Waals surface area (Å²) in [5.41, 5.74) is 6.43. The average Bonchev–Trinajstić information content (AvgIpc) is 3.19. The molecule has 0 spiro atoms. The number of fused-ring (bicyclic) bond motifs is 1. The number of hydrogen-bond acceptors (Lipinski definition) is 5. The fraction of sp³-hybridized carbons (Fsp3) is 0.125. The molecule has 1 aromatic heterocycles. The van der Waals surface area contributed by atoms with Crippen LogP contribution in [-0.2, 0) is 4.79 Å². The van der Waals surface area contributed by atoms with Crippen molar-refractivity contribution in [2.24, 2.45) is 0 Å². The van der Waals surface area contributed by atoms with Crippen LogP contribution in [0.5, 0.6) is 5.75 Å². The lowest BCUT2D eigenvalue weighted by Crippen LogP contribution is -2.47. The minimum atomic E-state index is -0.788. The predicted octanol–water partition coefficient (Wildman–Crippen LogP) is 4.50. The number of nitrogens with one attached hydrogen (secondary N) is 2. The van der Waals surface area contributed by atoms with Gasteiger partial charge in [0.25, 0.3) is 11.8 Å². The molecule has 0 fully saturated rings. The Labute approximate surface area is 183 Å². The van der Waals surface area contributed by atoms with Crippen LogP contribution in [0.4, 0.5) is 0 Å². The van der Waals surface area contributed by atoms with E-state index in [0.29, 0.717) is 16.3 Å². The highest BCUT2D eigenvalue weighted by Gasteiger charge is 2.19. The van der Waals surface area contributed by atoms with Gasteiger partial charge in [-0.3, -0.25) is 20.4 Å². The maximum absolute atomic E-state index is 12.5. The molecule has 1 atom stereocenters. The van der Waals surface area contributed by atoms with Crippen molar-refractivity contribution in [1.29, 1.82) is 0 Å². The number of hydrogen-bond donors (Lipinski definition) is 2. The van der Waals surface area contributed by atoms with Crippen LogP contribution < -0.4 is 15.6 Å². The second-order valence-electron chi connectivity index (χ2n) is 7.01. The lowest BCUT2D eigenvalue weighted by atomic mass is 10.1. The summed E-state index contributed by atoms with van der Waals surface area (Å²) < 4.78 is 5.73. The third-order valence-electron chi connectivity index (χ3n) is 4.73. The van der Waals surface area contributed by atoms with Gasteiger partial charge in [-0.15, -0.1) is 11.3 Å². The number of aryl methyl sites for hydroxylation is 1. The number of benzene rings is 3. The zero-order valence-electron chi connectivity index (χ0n) is 17.1. The molecule has 156 valence electrons. The summed E-state index contributed by atoms with van der Waals surface area (Å²) in [6.45, 7) is 3.40. The van der Waals surface area contributed by atoms with E-state index < -0.39 is 17.9 Å². The van der Waals surface area contributed by atoms with Gasteiger partial charge in [-0.05, 0) is 36.8 Å². The Bertz CT molecular complexity index is 1240. The second-order valence-corrected chi connectivity index (χ2v) is 8.01. The van der Waals surface area contributed by atoms with Gasteiger partial charge in [-0.25, -0.2) is 4.98 Å². The van der Waals surface area contributed by atoms with E-state index in [0.717, 1.165) is 21.3 Å².